The summed E-state index contributed by atoms with van der Waals surface area (Å²) in [4.78, 5) is 54.1. The predicted octanol–water partition coefficient (Wildman–Crippen LogP) is 3.45. The van der Waals surface area contributed by atoms with Crippen molar-refractivity contribution in [1.29, 1.82) is 0 Å². The first kappa shape index (κ1) is 32.1. The Balaban J connectivity index is 1.88. The van der Waals surface area contributed by atoms with Crippen molar-refractivity contribution in [3.8, 4) is 0 Å². The zero-order valence-electron chi connectivity index (χ0n) is 23.0. The Morgan fingerprint density at radius 1 is 0.976 bits per heavy atom. The summed E-state index contributed by atoms with van der Waals surface area (Å²) in [6.07, 6.45) is -4.49. The maximum absolute atomic E-state index is 13.7. The molecule has 1 aliphatic rings. The lowest BCUT2D eigenvalue weighted by Crippen LogP contribution is -2.55. The summed E-state index contributed by atoms with van der Waals surface area (Å²) < 4.78 is 39.7. The largest absolute Gasteiger partial charge is 0.452 e. The molecule has 41 heavy (non-hydrogen) atoms. The van der Waals surface area contributed by atoms with Crippen LogP contribution >= 0.6 is 11.6 Å². The number of hydrogen-bond donors (Lipinski definition) is 3. The SMILES string of the molecule is CC(C)[C@H](NC(=O)[C@@H](NC(=O)C(Cc1cccc(Cl)c1)NC(=O)C1CCN(C)C1)c1ccccc1)C(=O)C(F)(F)F. The first-order valence-corrected chi connectivity index (χ1v) is 13.6. The van der Waals surface area contributed by atoms with Crippen molar-refractivity contribution in [1.82, 2.24) is 20.9 Å². The normalized spacial score (nSPS) is 17.9. The number of nitrogens with one attached hydrogen (secondary N) is 3. The van der Waals surface area contributed by atoms with Crippen molar-refractivity contribution in [2.75, 3.05) is 20.1 Å². The summed E-state index contributed by atoms with van der Waals surface area (Å²) in [6, 6.07) is 10.3. The summed E-state index contributed by atoms with van der Waals surface area (Å²) in [7, 11) is 1.89. The monoisotopic (exact) mass is 594 g/mol. The Kier molecular flexibility index (Phi) is 10.9. The molecule has 2 aromatic rings. The van der Waals surface area contributed by atoms with Gasteiger partial charge in [-0.1, -0.05) is 67.9 Å². The Morgan fingerprint density at radius 3 is 2.22 bits per heavy atom. The van der Waals surface area contributed by atoms with Crippen LogP contribution in [0.15, 0.2) is 54.6 Å². The Morgan fingerprint density at radius 2 is 1.66 bits per heavy atom. The number of carbonyl (C=O) groups is 4. The number of nitrogens with zero attached hydrogens (tertiary/aromatic N) is 1. The van der Waals surface area contributed by atoms with E-state index in [0.29, 0.717) is 23.6 Å². The van der Waals surface area contributed by atoms with Gasteiger partial charge in [0.15, 0.2) is 0 Å². The number of benzene rings is 2. The molecular formula is C29H34ClF3N4O4. The fraction of sp³-hybridized carbons (Fsp3) is 0.448. The molecule has 0 spiro atoms. The first-order chi connectivity index (χ1) is 19.3. The molecule has 222 valence electrons. The van der Waals surface area contributed by atoms with E-state index in [1.54, 1.807) is 42.5 Å². The van der Waals surface area contributed by atoms with E-state index < -0.39 is 47.8 Å². The number of likely N-dealkylation sites (tertiary alicyclic amines) is 1. The van der Waals surface area contributed by atoms with Gasteiger partial charge < -0.3 is 20.9 Å². The lowest BCUT2D eigenvalue weighted by Gasteiger charge is -2.27. The molecule has 0 aromatic heterocycles. The van der Waals surface area contributed by atoms with Gasteiger partial charge in [-0.25, -0.2) is 0 Å². The topological polar surface area (TPSA) is 108 Å². The van der Waals surface area contributed by atoms with Crippen LogP contribution in [0.5, 0.6) is 0 Å². The second-order valence-corrected chi connectivity index (χ2v) is 11.0. The maximum Gasteiger partial charge on any atom is 0.452 e. The number of halogens is 4. The number of hydrogen-bond acceptors (Lipinski definition) is 5. The standard InChI is InChI=1S/C29H34ClF3N4O4/c1-17(2)23(25(38)29(31,32)33)35-28(41)24(19-9-5-4-6-10-19)36-27(40)22(15-18-8-7-11-21(30)14-18)34-26(39)20-12-13-37(3)16-20/h4-11,14,17,20,22-24H,12-13,15-16H2,1-3H3,(H,34,39)(H,35,41)(H,36,40)/t20?,22?,23-,24-/m0/s1. The lowest BCUT2D eigenvalue weighted by molar-refractivity contribution is -0.175. The Hall–Kier alpha value is -3.44. The van der Waals surface area contributed by atoms with E-state index in [1.807, 2.05) is 11.9 Å². The van der Waals surface area contributed by atoms with Gasteiger partial charge in [-0.05, 0) is 49.2 Å². The molecule has 0 bridgehead atoms. The number of carbonyl (C=O) groups excluding carboxylic acids is 4. The average molecular weight is 595 g/mol. The molecule has 3 amide bonds. The molecule has 0 radical (unpaired) electrons. The zero-order valence-corrected chi connectivity index (χ0v) is 23.8. The number of rotatable bonds is 11. The Labute approximate surface area is 242 Å². The van der Waals surface area contributed by atoms with Gasteiger partial charge in [0.05, 0.1) is 12.0 Å². The second kappa shape index (κ2) is 14.0. The Bertz CT molecular complexity index is 1240. The highest BCUT2D eigenvalue weighted by Crippen LogP contribution is 2.23. The first-order valence-electron chi connectivity index (χ1n) is 13.3. The van der Waals surface area contributed by atoms with Crippen molar-refractivity contribution in [2.45, 2.75) is 51.0 Å². The minimum absolute atomic E-state index is 0.0466. The summed E-state index contributed by atoms with van der Waals surface area (Å²) in [6.45, 7) is 4.01. The molecule has 1 fully saturated rings. The molecule has 12 heteroatoms. The average Bonchev–Trinajstić information content (AvgIpc) is 3.35. The van der Waals surface area contributed by atoms with Crippen LogP contribution in [0.25, 0.3) is 0 Å². The molecule has 1 saturated heterocycles. The third-order valence-electron chi connectivity index (χ3n) is 6.93. The van der Waals surface area contributed by atoms with Gasteiger partial charge in [-0.15, -0.1) is 0 Å². The van der Waals surface area contributed by atoms with E-state index in [2.05, 4.69) is 16.0 Å². The molecule has 1 heterocycles. The van der Waals surface area contributed by atoms with Crippen LogP contribution in [-0.4, -0.2) is 66.8 Å². The number of Topliss-reactive ketones (excluding diaryl/α,β-unsaturated/α-hetero) is 1. The highest BCUT2D eigenvalue weighted by Gasteiger charge is 2.45. The second-order valence-electron chi connectivity index (χ2n) is 10.6. The minimum Gasteiger partial charge on any atom is -0.344 e. The summed E-state index contributed by atoms with van der Waals surface area (Å²) in [5.41, 5.74) is 0.934. The zero-order chi connectivity index (χ0) is 30.3. The molecule has 3 rings (SSSR count). The van der Waals surface area contributed by atoms with Crippen LogP contribution in [0.2, 0.25) is 5.02 Å². The molecule has 0 saturated carbocycles. The highest BCUT2D eigenvalue weighted by molar-refractivity contribution is 6.30. The van der Waals surface area contributed by atoms with Gasteiger partial charge in [0.1, 0.15) is 12.1 Å². The van der Waals surface area contributed by atoms with E-state index >= 15 is 0 Å². The molecule has 3 N–H and O–H groups in total. The number of ketones is 1. The minimum atomic E-state index is -5.16. The van der Waals surface area contributed by atoms with Crippen molar-refractivity contribution in [3.63, 3.8) is 0 Å². The van der Waals surface area contributed by atoms with Crippen LogP contribution in [0.1, 0.15) is 37.4 Å². The van der Waals surface area contributed by atoms with E-state index in [0.717, 1.165) is 6.54 Å². The molecule has 0 aliphatic carbocycles. The van der Waals surface area contributed by atoms with Gasteiger partial charge in [-0.2, -0.15) is 13.2 Å². The fourth-order valence-electron chi connectivity index (χ4n) is 4.68. The highest BCUT2D eigenvalue weighted by atomic mass is 35.5. The number of amides is 3. The smallest absolute Gasteiger partial charge is 0.344 e. The predicted molar refractivity (Wildman–Crippen MR) is 148 cm³/mol. The van der Waals surface area contributed by atoms with E-state index in [4.69, 9.17) is 11.6 Å². The third-order valence-corrected chi connectivity index (χ3v) is 7.17. The quantitative estimate of drug-likeness (QED) is 0.369. The summed E-state index contributed by atoms with van der Waals surface area (Å²) >= 11 is 6.12. The van der Waals surface area contributed by atoms with Crippen molar-refractivity contribution >= 4 is 35.1 Å². The maximum atomic E-state index is 13.7. The molecule has 1 aliphatic heterocycles. The number of alkyl halides is 3. The van der Waals surface area contributed by atoms with Crippen LogP contribution in [0.3, 0.4) is 0 Å². The summed E-state index contributed by atoms with van der Waals surface area (Å²) in [5, 5.41) is 7.99. The molecule has 8 nitrogen and oxygen atoms in total. The molecular weight excluding hydrogens is 561 g/mol. The van der Waals surface area contributed by atoms with Crippen molar-refractivity contribution < 1.29 is 32.3 Å². The van der Waals surface area contributed by atoms with E-state index in [-0.39, 0.29) is 23.8 Å². The van der Waals surface area contributed by atoms with Crippen LogP contribution in [0, 0.1) is 11.8 Å². The van der Waals surface area contributed by atoms with E-state index in [9.17, 15) is 32.3 Å². The van der Waals surface area contributed by atoms with Gasteiger partial charge >= 0.3 is 6.18 Å². The fourth-order valence-corrected chi connectivity index (χ4v) is 4.90. The van der Waals surface area contributed by atoms with Crippen molar-refractivity contribution in [2.24, 2.45) is 11.8 Å². The van der Waals surface area contributed by atoms with Gasteiger partial charge in [0, 0.05) is 18.0 Å². The van der Waals surface area contributed by atoms with Gasteiger partial charge in [0.25, 0.3) is 5.78 Å². The lowest BCUT2D eigenvalue weighted by atomic mass is 9.97. The molecule has 2 aromatic carbocycles. The van der Waals surface area contributed by atoms with Crippen LogP contribution < -0.4 is 16.0 Å². The summed E-state index contributed by atoms with van der Waals surface area (Å²) in [5.74, 6) is -5.34. The van der Waals surface area contributed by atoms with E-state index in [1.165, 1.54) is 26.0 Å². The van der Waals surface area contributed by atoms with Crippen molar-refractivity contribution in [3.05, 3.63) is 70.7 Å². The van der Waals surface area contributed by atoms with Crippen LogP contribution in [0.4, 0.5) is 13.2 Å². The molecule has 4 atom stereocenters. The van der Waals surface area contributed by atoms with Gasteiger partial charge in [0.2, 0.25) is 17.7 Å². The third kappa shape index (κ3) is 9.02. The molecule has 2 unspecified atom stereocenters. The van der Waals surface area contributed by atoms with Crippen LogP contribution in [-0.2, 0) is 25.6 Å². The van der Waals surface area contributed by atoms with Gasteiger partial charge in [-0.3, -0.25) is 19.2 Å².